The summed E-state index contributed by atoms with van der Waals surface area (Å²) in [6.45, 7) is 5.98. The lowest BCUT2D eigenvalue weighted by Crippen LogP contribution is -2.26. The monoisotopic (exact) mass is 410 g/mol. The molecular formula is C22H26N4O2S. The standard InChI is InChI=1S/C22H26N4O2S/c1-4-26-20(18-9-5-16(2)6-10-18)24-25-22(26)29-15-17-7-11-19(12-8-17)21(27)23-13-14-28-3/h5-12H,4,13-15H2,1-3H3,(H,23,27). The lowest BCUT2D eigenvalue weighted by atomic mass is 10.1. The summed E-state index contributed by atoms with van der Waals surface area (Å²) in [5, 5.41) is 12.5. The number of carbonyl (C=O) groups excluding carboxylic acids is 1. The topological polar surface area (TPSA) is 69.0 Å². The third kappa shape index (κ3) is 5.46. The highest BCUT2D eigenvalue weighted by Gasteiger charge is 2.13. The van der Waals surface area contributed by atoms with Crippen molar-refractivity contribution in [3.63, 3.8) is 0 Å². The summed E-state index contributed by atoms with van der Waals surface area (Å²) in [5.41, 5.74) is 4.07. The van der Waals surface area contributed by atoms with Gasteiger partial charge >= 0.3 is 0 Å². The number of carbonyl (C=O) groups is 1. The van der Waals surface area contributed by atoms with Crippen molar-refractivity contribution in [2.24, 2.45) is 0 Å². The molecule has 152 valence electrons. The van der Waals surface area contributed by atoms with Crippen LogP contribution in [0.2, 0.25) is 0 Å². The average Bonchev–Trinajstić information content (AvgIpc) is 3.16. The Balaban J connectivity index is 1.64. The molecule has 0 unspecified atom stereocenters. The number of hydrogen-bond acceptors (Lipinski definition) is 5. The molecule has 3 rings (SSSR count). The fraction of sp³-hybridized carbons (Fsp3) is 0.318. The van der Waals surface area contributed by atoms with E-state index in [0.717, 1.165) is 34.4 Å². The van der Waals surface area contributed by atoms with Crippen LogP contribution in [0.4, 0.5) is 0 Å². The zero-order valence-corrected chi connectivity index (χ0v) is 17.8. The van der Waals surface area contributed by atoms with Crippen LogP contribution in [-0.4, -0.2) is 40.9 Å². The van der Waals surface area contributed by atoms with Crippen LogP contribution in [0.3, 0.4) is 0 Å². The molecule has 0 aliphatic carbocycles. The van der Waals surface area contributed by atoms with Crippen molar-refractivity contribution in [1.29, 1.82) is 0 Å². The van der Waals surface area contributed by atoms with Gasteiger partial charge in [-0.05, 0) is 31.5 Å². The van der Waals surface area contributed by atoms with Crippen LogP contribution >= 0.6 is 11.8 Å². The molecule has 1 amide bonds. The molecule has 0 radical (unpaired) electrons. The Morgan fingerprint density at radius 3 is 2.48 bits per heavy atom. The highest BCUT2D eigenvalue weighted by atomic mass is 32.2. The predicted molar refractivity (Wildman–Crippen MR) is 116 cm³/mol. The number of methoxy groups -OCH3 is 1. The number of nitrogens with zero attached hydrogens (tertiary/aromatic N) is 3. The Labute approximate surface area is 175 Å². The van der Waals surface area contributed by atoms with Crippen LogP contribution in [0, 0.1) is 6.92 Å². The van der Waals surface area contributed by atoms with Gasteiger partial charge in [-0.1, -0.05) is 53.7 Å². The second-order valence-electron chi connectivity index (χ2n) is 6.65. The molecule has 0 aliphatic heterocycles. The second-order valence-corrected chi connectivity index (χ2v) is 7.59. The van der Waals surface area contributed by atoms with Gasteiger partial charge in [0.25, 0.3) is 5.91 Å². The number of thioether (sulfide) groups is 1. The van der Waals surface area contributed by atoms with E-state index in [4.69, 9.17) is 4.74 Å². The molecule has 0 fully saturated rings. The van der Waals surface area contributed by atoms with Crippen molar-refractivity contribution >= 4 is 17.7 Å². The number of aromatic nitrogens is 3. The minimum absolute atomic E-state index is 0.0882. The van der Waals surface area contributed by atoms with E-state index in [2.05, 4.69) is 58.2 Å². The lowest BCUT2D eigenvalue weighted by Gasteiger charge is -2.08. The Morgan fingerprint density at radius 1 is 1.10 bits per heavy atom. The maximum absolute atomic E-state index is 12.1. The van der Waals surface area contributed by atoms with Gasteiger partial charge in [0, 0.05) is 37.1 Å². The number of benzene rings is 2. The molecular weight excluding hydrogens is 384 g/mol. The average molecular weight is 411 g/mol. The Morgan fingerprint density at radius 2 is 1.83 bits per heavy atom. The smallest absolute Gasteiger partial charge is 0.251 e. The first-order valence-corrected chi connectivity index (χ1v) is 10.6. The van der Waals surface area contributed by atoms with Crippen molar-refractivity contribution in [2.75, 3.05) is 20.3 Å². The normalized spacial score (nSPS) is 10.9. The molecule has 0 bridgehead atoms. The molecule has 1 heterocycles. The molecule has 0 aliphatic rings. The number of ether oxygens (including phenoxy) is 1. The lowest BCUT2D eigenvalue weighted by molar-refractivity contribution is 0.0937. The molecule has 6 nitrogen and oxygen atoms in total. The molecule has 0 spiro atoms. The highest BCUT2D eigenvalue weighted by molar-refractivity contribution is 7.98. The molecule has 2 aromatic carbocycles. The fourth-order valence-electron chi connectivity index (χ4n) is 2.87. The first kappa shape index (κ1) is 21.1. The molecule has 1 aromatic heterocycles. The van der Waals surface area contributed by atoms with Gasteiger partial charge < -0.3 is 14.6 Å². The van der Waals surface area contributed by atoms with E-state index < -0.39 is 0 Å². The van der Waals surface area contributed by atoms with E-state index in [1.54, 1.807) is 18.9 Å². The number of rotatable bonds is 9. The third-order valence-electron chi connectivity index (χ3n) is 4.52. The maximum atomic E-state index is 12.1. The molecule has 29 heavy (non-hydrogen) atoms. The second kappa shape index (κ2) is 10.2. The molecule has 0 atom stereocenters. The molecule has 3 aromatic rings. The Hall–Kier alpha value is -2.64. The van der Waals surface area contributed by atoms with E-state index in [1.807, 2.05) is 24.3 Å². The van der Waals surface area contributed by atoms with Gasteiger partial charge in [0.2, 0.25) is 0 Å². The van der Waals surface area contributed by atoms with E-state index in [1.165, 1.54) is 5.56 Å². The zero-order valence-electron chi connectivity index (χ0n) is 17.0. The quantitative estimate of drug-likeness (QED) is 0.427. The predicted octanol–water partition coefficient (Wildman–Crippen LogP) is 3.94. The maximum Gasteiger partial charge on any atom is 0.251 e. The molecule has 1 N–H and O–H groups in total. The zero-order chi connectivity index (χ0) is 20.6. The van der Waals surface area contributed by atoms with Gasteiger partial charge in [-0.2, -0.15) is 0 Å². The van der Waals surface area contributed by atoms with E-state index in [-0.39, 0.29) is 5.91 Å². The van der Waals surface area contributed by atoms with Crippen LogP contribution < -0.4 is 5.32 Å². The minimum Gasteiger partial charge on any atom is -0.383 e. The summed E-state index contributed by atoms with van der Waals surface area (Å²) < 4.78 is 7.08. The molecule has 7 heteroatoms. The summed E-state index contributed by atoms with van der Waals surface area (Å²) in [6.07, 6.45) is 0. The number of aryl methyl sites for hydroxylation is 1. The first-order chi connectivity index (χ1) is 14.1. The SMILES string of the molecule is CCn1c(SCc2ccc(C(=O)NCCOC)cc2)nnc1-c1ccc(C)cc1. The summed E-state index contributed by atoms with van der Waals surface area (Å²) in [6, 6.07) is 16.0. The Bertz CT molecular complexity index is 936. The summed E-state index contributed by atoms with van der Waals surface area (Å²) >= 11 is 1.65. The van der Waals surface area contributed by atoms with Crippen LogP contribution in [0.5, 0.6) is 0 Å². The van der Waals surface area contributed by atoms with Crippen LogP contribution in [-0.2, 0) is 17.0 Å². The van der Waals surface area contributed by atoms with Gasteiger partial charge in [-0.25, -0.2) is 0 Å². The van der Waals surface area contributed by atoms with Crippen molar-refractivity contribution in [3.05, 3.63) is 65.2 Å². The summed E-state index contributed by atoms with van der Waals surface area (Å²) in [5.74, 6) is 1.56. The van der Waals surface area contributed by atoms with Gasteiger partial charge in [0.1, 0.15) is 0 Å². The van der Waals surface area contributed by atoms with Gasteiger partial charge in [0.05, 0.1) is 6.61 Å². The van der Waals surface area contributed by atoms with Crippen molar-refractivity contribution < 1.29 is 9.53 Å². The van der Waals surface area contributed by atoms with E-state index >= 15 is 0 Å². The number of nitrogens with one attached hydrogen (secondary N) is 1. The summed E-state index contributed by atoms with van der Waals surface area (Å²) in [4.78, 5) is 12.1. The first-order valence-electron chi connectivity index (χ1n) is 9.61. The van der Waals surface area contributed by atoms with Crippen LogP contribution in [0.1, 0.15) is 28.4 Å². The van der Waals surface area contributed by atoms with E-state index in [9.17, 15) is 4.79 Å². The molecule has 0 saturated heterocycles. The minimum atomic E-state index is -0.0882. The fourth-order valence-corrected chi connectivity index (χ4v) is 3.82. The number of amides is 1. The highest BCUT2D eigenvalue weighted by Crippen LogP contribution is 2.26. The van der Waals surface area contributed by atoms with E-state index in [0.29, 0.717) is 18.7 Å². The molecule has 0 saturated carbocycles. The van der Waals surface area contributed by atoms with Gasteiger partial charge in [0.15, 0.2) is 11.0 Å². The number of hydrogen-bond donors (Lipinski definition) is 1. The van der Waals surface area contributed by atoms with Crippen molar-refractivity contribution in [3.8, 4) is 11.4 Å². The third-order valence-corrected chi connectivity index (χ3v) is 5.56. The summed E-state index contributed by atoms with van der Waals surface area (Å²) in [7, 11) is 1.61. The van der Waals surface area contributed by atoms with Crippen LogP contribution in [0.15, 0.2) is 53.7 Å². The largest absolute Gasteiger partial charge is 0.383 e. The Kier molecular flexibility index (Phi) is 7.43. The van der Waals surface area contributed by atoms with Crippen molar-refractivity contribution in [1.82, 2.24) is 20.1 Å². The van der Waals surface area contributed by atoms with Gasteiger partial charge in [-0.3, -0.25) is 4.79 Å². The van der Waals surface area contributed by atoms with Crippen LogP contribution in [0.25, 0.3) is 11.4 Å². The van der Waals surface area contributed by atoms with Gasteiger partial charge in [-0.15, -0.1) is 10.2 Å². The van der Waals surface area contributed by atoms with Crippen molar-refractivity contribution in [2.45, 2.75) is 31.3 Å².